The van der Waals surface area contributed by atoms with Gasteiger partial charge in [0.15, 0.2) is 0 Å². The molecule has 12 heavy (non-hydrogen) atoms. The van der Waals surface area contributed by atoms with Crippen LogP contribution < -0.4 is 0 Å². The topological polar surface area (TPSA) is 37.3 Å². The molecule has 0 radical (unpaired) electrons. The standard InChI is InChI=1S/C10H18O2/c1-2-8(7-11)6-9-4-3-5-10(9)12/h8-9,11H,2-7H2,1H3. The summed E-state index contributed by atoms with van der Waals surface area (Å²) in [6.45, 7) is 2.31. The van der Waals surface area contributed by atoms with E-state index in [-0.39, 0.29) is 12.5 Å². The molecule has 1 N–H and O–H groups in total. The number of hydrogen-bond acceptors (Lipinski definition) is 2. The molecule has 1 aliphatic carbocycles. The fourth-order valence-corrected chi connectivity index (χ4v) is 1.91. The molecule has 0 amide bonds. The van der Waals surface area contributed by atoms with E-state index in [2.05, 4.69) is 6.92 Å². The molecular formula is C10H18O2. The van der Waals surface area contributed by atoms with Crippen LogP contribution >= 0.6 is 0 Å². The molecule has 2 heteroatoms. The Balaban J connectivity index is 2.33. The summed E-state index contributed by atoms with van der Waals surface area (Å²) in [5, 5.41) is 8.96. The number of aliphatic hydroxyl groups is 1. The summed E-state index contributed by atoms with van der Waals surface area (Å²) in [5.74, 6) is 1.03. The molecule has 2 nitrogen and oxygen atoms in total. The molecule has 0 heterocycles. The molecule has 70 valence electrons. The van der Waals surface area contributed by atoms with Crippen LogP contribution in [0.3, 0.4) is 0 Å². The predicted molar refractivity (Wildman–Crippen MR) is 47.8 cm³/mol. The van der Waals surface area contributed by atoms with Crippen molar-refractivity contribution in [2.24, 2.45) is 11.8 Å². The predicted octanol–water partition coefficient (Wildman–Crippen LogP) is 1.76. The van der Waals surface area contributed by atoms with Crippen LogP contribution in [0.1, 0.15) is 39.0 Å². The Hall–Kier alpha value is -0.370. The van der Waals surface area contributed by atoms with Crippen molar-refractivity contribution in [1.29, 1.82) is 0 Å². The Morgan fingerprint density at radius 1 is 1.67 bits per heavy atom. The molecule has 0 spiro atoms. The average Bonchev–Trinajstić information content (AvgIpc) is 2.47. The lowest BCUT2D eigenvalue weighted by atomic mass is 9.91. The number of rotatable bonds is 4. The van der Waals surface area contributed by atoms with Gasteiger partial charge in [0, 0.05) is 18.9 Å². The van der Waals surface area contributed by atoms with Crippen molar-refractivity contribution in [3.63, 3.8) is 0 Å². The summed E-state index contributed by atoms with van der Waals surface area (Å²) in [7, 11) is 0. The van der Waals surface area contributed by atoms with Crippen molar-refractivity contribution in [2.45, 2.75) is 39.0 Å². The second-order valence-corrected chi connectivity index (χ2v) is 3.75. The highest BCUT2D eigenvalue weighted by molar-refractivity contribution is 5.82. The van der Waals surface area contributed by atoms with E-state index in [0.29, 0.717) is 11.7 Å². The number of aliphatic hydroxyl groups excluding tert-OH is 1. The molecule has 0 saturated heterocycles. The molecule has 0 aromatic carbocycles. The minimum Gasteiger partial charge on any atom is -0.396 e. The van der Waals surface area contributed by atoms with Crippen molar-refractivity contribution < 1.29 is 9.90 Å². The van der Waals surface area contributed by atoms with E-state index in [1.807, 2.05) is 0 Å². The van der Waals surface area contributed by atoms with E-state index in [1.165, 1.54) is 0 Å². The molecule has 1 saturated carbocycles. The average molecular weight is 170 g/mol. The maximum absolute atomic E-state index is 11.3. The zero-order valence-corrected chi connectivity index (χ0v) is 7.75. The zero-order chi connectivity index (χ0) is 8.97. The minimum absolute atomic E-state index is 0.236. The van der Waals surface area contributed by atoms with Gasteiger partial charge in [-0.25, -0.2) is 0 Å². The summed E-state index contributed by atoms with van der Waals surface area (Å²) < 4.78 is 0. The van der Waals surface area contributed by atoms with Crippen molar-refractivity contribution >= 4 is 5.78 Å². The molecule has 0 bridgehead atoms. The third kappa shape index (κ3) is 2.31. The quantitative estimate of drug-likeness (QED) is 0.698. The first-order valence-corrected chi connectivity index (χ1v) is 4.91. The summed E-state index contributed by atoms with van der Waals surface area (Å²) in [4.78, 5) is 11.3. The van der Waals surface area contributed by atoms with Crippen molar-refractivity contribution in [1.82, 2.24) is 0 Å². The molecule has 0 aliphatic heterocycles. The fraction of sp³-hybridized carbons (Fsp3) is 0.900. The van der Waals surface area contributed by atoms with Crippen molar-refractivity contribution in [3.05, 3.63) is 0 Å². The van der Waals surface area contributed by atoms with Gasteiger partial charge in [0.25, 0.3) is 0 Å². The van der Waals surface area contributed by atoms with Crippen LogP contribution in [0.25, 0.3) is 0 Å². The largest absolute Gasteiger partial charge is 0.396 e. The van der Waals surface area contributed by atoms with Gasteiger partial charge < -0.3 is 5.11 Å². The van der Waals surface area contributed by atoms with Crippen LogP contribution in [0.15, 0.2) is 0 Å². The number of carbonyl (C=O) groups is 1. The van der Waals surface area contributed by atoms with Crippen LogP contribution in [0.5, 0.6) is 0 Å². The first-order valence-electron chi connectivity index (χ1n) is 4.91. The van der Waals surface area contributed by atoms with Crippen molar-refractivity contribution in [3.8, 4) is 0 Å². The normalized spacial score (nSPS) is 26.2. The van der Waals surface area contributed by atoms with Gasteiger partial charge >= 0.3 is 0 Å². The molecule has 1 fully saturated rings. The van der Waals surface area contributed by atoms with Gasteiger partial charge in [0.2, 0.25) is 0 Å². The van der Waals surface area contributed by atoms with Gasteiger partial charge in [-0.15, -0.1) is 0 Å². The highest BCUT2D eigenvalue weighted by Crippen LogP contribution is 2.28. The van der Waals surface area contributed by atoms with Gasteiger partial charge in [-0.1, -0.05) is 13.3 Å². The van der Waals surface area contributed by atoms with Crippen LogP contribution in [0.4, 0.5) is 0 Å². The SMILES string of the molecule is CCC(CO)CC1CCCC1=O. The first kappa shape index (κ1) is 9.72. The smallest absolute Gasteiger partial charge is 0.135 e. The third-order valence-corrected chi connectivity index (χ3v) is 2.88. The lowest BCUT2D eigenvalue weighted by molar-refractivity contribution is -0.121. The molecule has 1 rings (SSSR count). The Bertz CT molecular complexity index is 150. The molecule has 0 aromatic heterocycles. The monoisotopic (exact) mass is 170 g/mol. The van der Waals surface area contributed by atoms with E-state index in [0.717, 1.165) is 32.1 Å². The minimum atomic E-state index is 0.236. The number of ketones is 1. The van der Waals surface area contributed by atoms with Crippen LogP contribution in [0.2, 0.25) is 0 Å². The molecule has 1 aliphatic rings. The number of carbonyl (C=O) groups excluding carboxylic acids is 1. The highest BCUT2D eigenvalue weighted by atomic mass is 16.3. The second kappa shape index (κ2) is 4.61. The lowest BCUT2D eigenvalue weighted by Gasteiger charge is -2.15. The second-order valence-electron chi connectivity index (χ2n) is 3.75. The van der Waals surface area contributed by atoms with Gasteiger partial charge in [0.1, 0.15) is 5.78 Å². The van der Waals surface area contributed by atoms with Crippen LogP contribution in [0, 0.1) is 11.8 Å². The van der Waals surface area contributed by atoms with Gasteiger partial charge in [0.05, 0.1) is 0 Å². The Morgan fingerprint density at radius 2 is 2.42 bits per heavy atom. The molecule has 2 unspecified atom stereocenters. The van der Waals surface area contributed by atoms with Crippen molar-refractivity contribution in [2.75, 3.05) is 6.61 Å². The fourth-order valence-electron chi connectivity index (χ4n) is 1.91. The van der Waals surface area contributed by atoms with Gasteiger partial charge in [-0.3, -0.25) is 4.79 Å². The Labute approximate surface area is 74.0 Å². The molecule has 0 aromatic rings. The maximum Gasteiger partial charge on any atom is 0.135 e. The summed E-state index contributed by atoms with van der Waals surface area (Å²) in [6.07, 6.45) is 4.78. The van der Waals surface area contributed by atoms with Crippen LogP contribution in [-0.2, 0) is 4.79 Å². The Kier molecular flexibility index (Phi) is 3.73. The van der Waals surface area contributed by atoms with E-state index in [4.69, 9.17) is 5.11 Å². The van der Waals surface area contributed by atoms with E-state index >= 15 is 0 Å². The van der Waals surface area contributed by atoms with E-state index < -0.39 is 0 Å². The summed E-state index contributed by atoms with van der Waals surface area (Å²) >= 11 is 0. The van der Waals surface area contributed by atoms with E-state index in [9.17, 15) is 4.79 Å². The zero-order valence-electron chi connectivity index (χ0n) is 7.75. The number of Topliss-reactive ketones (excluding diaryl/α,β-unsaturated/α-hetero) is 1. The first-order chi connectivity index (χ1) is 5.77. The number of hydrogen-bond donors (Lipinski definition) is 1. The van der Waals surface area contributed by atoms with Crippen LogP contribution in [-0.4, -0.2) is 17.5 Å². The summed E-state index contributed by atoms with van der Waals surface area (Å²) in [5.41, 5.74) is 0. The third-order valence-electron chi connectivity index (χ3n) is 2.88. The molecule has 2 atom stereocenters. The van der Waals surface area contributed by atoms with E-state index in [1.54, 1.807) is 0 Å². The van der Waals surface area contributed by atoms with Gasteiger partial charge in [-0.2, -0.15) is 0 Å². The molecular weight excluding hydrogens is 152 g/mol. The lowest BCUT2D eigenvalue weighted by Crippen LogP contribution is -2.14. The summed E-state index contributed by atoms with van der Waals surface area (Å²) in [6, 6.07) is 0. The Morgan fingerprint density at radius 3 is 2.83 bits per heavy atom. The highest BCUT2D eigenvalue weighted by Gasteiger charge is 2.26. The van der Waals surface area contributed by atoms with Gasteiger partial charge in [-0.05, 0) is 25.2 Å². The maximum atomic E-state index is 11.3.